The van der Waals surface area contributed by atoms with Crippen LogP contribution in [0.3, 0.4) is 0 Å². The van der Waals surface area contributed by atoms with Crippen molar-refractivity contribution >= 4 is 18.1 Å². The Labute approximate surface area is 167 Å². The Morgan fingerprint density at radius 2 is 1.66 bits per heavy atom. The SMILES string of the molecule is COc1cc(/C=N\NC(=O)c2ccc(O)cc2)ccc1OC(=O)c1ccccc1. The molecule has 146 valence electrons. The third kappa shape index (κ3) is 5.20. The third-order valence-corrected chi connectivity index (χ3v) is 3.91. The number of hydrogen-bond donors (Lipinski definition) is 2. The minimum absolute atomic E-state index is 0.0743. The number of rotatable bonds is 6. The Balaban J connectivity index is 1.66. The average Bonchev–Trinajstić information content (AvgIpc) is 2.75. The molecule has 7 heteroatoms. The topological polar surface area (TPSA) is 97.2 Å². The molecule has 7 nitrogen and oxygen atoms in total. The molecule has 0 aliphatic carbocycles. The van der Waals surface area contributed by atoms with Gasteiger partial charge in [-0.1, -0.05) is 18.2 Å². The van der Waals surface area contributed by atoms with Crippen molar-refractivity contribution in [2.45, 2.75) is 0 Å². The van der Waals surface area contributed by atoms with Crippen molar-refractivity contribution in [2.75, 3.05) is 7.11 Å². The molecule has 2 N–H and O–H groups in total. The van der Waals surface area contributed by atoms with Crippen LogP contribution < -0.4 is 14.9 Å². The number of carbonyl (C=O) groups excluding carboxylic acids is 2. The smallest absolute Gasteiger partial charge is 0.343 e. The fourth-order valence-electron chi connectivity index (χ4n) is 2.42. The Morgan fingerprint density at radius 1 is 0.931 bits per heavy atom. The van der Waals surface area contributed by atoms with Gasteiger partial charge in [0.2, 0.25) is 0 Å². The molecule has 0 saturated carbocycles. The van der Waals surface area contributed by atoms with E-state index in [0.717, 1.165) is 0 Å². The molecule has 0 aliphatic heterocycles. The molecule has 0 spiro atoms. The van der Waals surface area contributed by atoms with Crippen molar-refractivity contribution in [3.63, 3.8) is 0 Å². The van der Waals surface area contributed by atoms with Gasteiger partial charge in [0.15, 0.2) is 11.5 Å². The maximum Gasteiger partial charge on any atom is 0.343 e. The van der Waals surface area contributed by atoms with Crippen LogP contribution in [0.5, 0.6) is 17.2 Å². The van der Waals surface area contributed by atoms with Gasteiger partial charge in [0.1, 0.15) is 5.75 Å². The number of esters is 1. The van der Waals surface area contributed by atoms with Gasteiger partial charge in [-0.3, -0.25) is 4.79 Å². The molecular weight excluding hydrogens is 372 g/mol. The summed E-state index contributed by atoms with van der Waals surface area (Å²) >= 11 is 0. The molecule has 0 bridgehead atoms. The van der Waals surface area contributed by atoms with Crippen molar-refractivity contribution in [1.29, 1.82) is 0 Å². The number of phenolic OH excluding ortho intramolecular Hbond substituents is 1. The molecule has 29 heavy (non-hydrogen) atoms. The van der Waals surface area contributed by atoms with E-state index in [9.17, 15) is 14.7 Å². The Kier molecular flexibility index (Phi) is 6.22. The number of methoxy groups -OCH3 is 1. The molecule has 0 aliphatic rings. The maximum absolute atomic E-state index is 12.2. The number of carbonyl (C=O) groups is 2. The molecule has 3 aromatic carbocycles. The van der Waals surface area contributed by atoms with Gasteiger partial charge in [-0.05, 0) is 60.2 Å². The highest BCUT2D eigenvalue weighted by Crippen LogP contribution is 2.28. The summed E-state index contributed by atoms with van der Waals surface area (Å²) in [7, 11) is 1.46. The second kappa shape index (κ2) is 9.18. The first-order valence-corrected chi connectivity index (χ1v) is 8.64. The van der Waals surface area contributed by atoms with Gasteiger partial charge in [0.05, 0.1) is 18.9 Å². The largest absolute Gasteiger partial charge is 0.508 e. The molecule has 3 rings (SSSR count). The predicted molar refractivity (Wildman–Crippen MR) is 108 cm³/mol. The highest BCUT2D eigenvalue weighted by atomic mass is 16.6. The number of nitrogens with one attached hydrogen (secondary N) is 1. The van der Waals surface area contributed by atoms with Gasteiger partial charge in [-0.2, -0.15) is 5.10 Å². The van der Waals surface area contributed by atoms with Crippen molar-refractivity contribution in [3.8, 4) is 17.2 Å². The quantitative estimate of drug-likeness (QED) is 0.291. The van der Waals surface area contributed by atoms with E-state index in [1.165, 1.54) is 37.6 Å². The summed E-state index contributed by atoms with van der Waals surface area (Å²) < 4.78 is 10.7. The highest BCUT2D eigenvalue weighted by Gasteiger charge is 2.12. The zero-order valence-corrected chi connectivity index (χ0v) is 15.5. The number of benzene rings is 3. The Hall–Kier alpha value is -4.13. The normalized spacial score (nSPS) is 10.5. The molecule has 0 heterocycles. The van der Waals surface area contributed by atoms with Crippen LogP contribution in [-0.4, -0.2) is 30.3 Å². The van der Waals surface area contributed by atoms with E-state index in [0.29, 0.717) is 22.4 Å². The van der Waals surface area contributed by atoms with Crippen LogP contribution in [0.25, 0.3) is 0 Å². The molecule has 0 atom stereocenters. The monoisotopic (exact) mass is 390 g/mol. The Bertz CT molecular complexity index is 1030. The van der Waals surface area contributed by atoms with Crippen molar-refractivity contribution in [1.82, 2.24) is 5.43 Å². The zero-order chi connectivity index (χ0) is 20.6. The summed E-state index contributed by atoms with van der Waals surface area (Å²) in [5.74, 6) is -0.215. The van der Waals surface area contributed by atoms with Crippen LogP contribution >= 0.6 is 0 Å². The highest BCUT2D eigenvalue weighted by molar-refractivity contribution is 5.95. The van der Waals surface area contributed by atoms with E-state index in [2.05, 4.69) is 10.5 Å². The molecule has 0 unspecified atom stereocenters. The number of hydrogen-bond acceptors (Lipinski definition) is 6. The molecule has 3 aromatic rings. The number of aromatic hydroxyl groups is 1. The molecule has 0 saturated heterocycles. The van der Waals surface area contributed by atoms with Crippen LogP contribution in [0.2, 0.25) is 0 Å². The molecule has 1 amide bonds. The predicted octanol–water partition coefficient (Wildman–Crippen LogP) is 3.38. The van der Waals surface area contributed by atoms with Crippen molar-refractivity contribution in [3.05, 3.63) is 89.5 Å². The third-order valence-electron chi connectivity index (χ3n) is 3.91. The van der Waals surface area contributed by atoms with E-state index < -0.39 is 11.9 Å². The van der Waals surface area contributed by atoms with Gasteiger partial charge in [-0.15, -0.1) is 0 Å². The van der Waals surface area contributed by atoms with Crippen molar-refractivity contribution < 1.29 is 24.2 Å². The maximum atomic E-state index is 12.2. The van der Waals surface area contributed by atoms with E-state index >= 15 is 0 Å². The first-order valence-electron chi connectivity index (χ1n) is 8.64. The van der Waals surface area contributed by atoms with Crippen molar-refractivity contribution in [2.24, 2.45) is 5.10 Å². The van der Waals surface area contributed by atoms with E-state index in [1.54, 1.807) is 42.5 Å². The lowest BCUT2D eigenvalue weighted by Gasteiger charge is -2.10. The van der Waals surface area contributed by atoms with Crippen LogP contribution in [0.4, 0.5) is 0 Å². The van der Waals surface area contributed by atoms with E-state index in [4.69, 9.17) is 9.47 Å². The number of ether oxygens (including phenoxy) is 2. The second-order valence-electron chi connectivity index (χ2n) is 5.91. The second-order valence-corrected chi connectivity index (χ2v) is 5.91. The van der Waals surface area contributed by atoms with Crippen LogP contribution in [0.15, 0.2) is 77.9 Å². The first-order chi connectivity index (χ1) is 14.1. The molecule has 0 aromatic heterocycles. The van der Waals surface area contributed by atoms with E-state index in [-0.39, 0.29) is 11.5 Å². The number of hydrazone groups is 1. The minimum Gasteiger partial charge on any atom is -0.508 e. The average molecular weight is 390 g/mol. The summed E-state index contributed by atoms with van der Waals surface area (Å²) in [6.45, 7) is 0. The number of phenols is 1. The van der Waals surface area contributed by atoms with Crippen LogP contribution in [-0.2, 0) is 0 Å². The van der Waals surface area contributed by atoms with Gasteiger partial charge in [0, 0.05) is 5.56 Å². The lowest BCUT2D eigenvalue weighted by atomic mass is 10.2. The zero-order valence-electron chi connectivity index (χ0n) is 15.5. The van der Waals surface area contributed by atoms with Crippen LogP contribution in [0.1, 0.15) is 26.3 Å². The lowest BCUT2D eigenvalue weighted by molar-refractivity contribution is 0.0729. The van der Waals surface area contributed by atoms with E-state index in [1.807, 2.05) is 6.07 Å². The molecular formula is C22H18N2O5. The molecule has 0 radical (unpaired) electrons. The summed E-state index contributed by atoms with van der Waals surface area (Å²) in [6, 6.07) is 19.3. The van der Waals surface area contributed by atoms with Gasteiger partial charge in [0.25, 0.3) is 5.91 Å². The minimum atomic E-state index is -0.494. The fourth-order valence-corrected chi connectivity index (χ4v) is 2.42. The van der Waals surface area contributed by atoms with Crippen LogP contribution in [0, 0.1) is 0 Å². The number of nitrogens with zero attached hydrogens (tertiary/aromatic N) is 1. The summed E-state index contributed by atoms with van der Waals surface area (Å²) in [6.07, 6.45) is 1.43. The summed E-state index contributed by atoms with van der Waals surface area (Å²) in [5.41, 5.74) is 3.82. The Morgan fingerprint density at radius 3 is 2.34 bits per heavy atom. The van der Waals surface area contributed by atoms with Gasteiger partial charge < -0.3 is 14.6 Å². The lowest BCUT2D eigenvalue weighted by Crippen LogP contribution is -2.17. The standard InChI is InChI=1S/C22H18N2O5/c1-28-20-13-15(14-23-24-21(26)16-8-10-18(25)11-9-16)7-12-19(20)29-22(27)17-5-3-2-4-6-17/h2-14,25H,1H3,(H,24,26)/b23-14-. The summed E-state index contributed by atoms with van der Waals surface area (Å²) in [4.78, 5) is 24.2. The fraction of sp³-hybridized carbons (Fsp3) is 0.0455. The molecule has 0 fully saturated rings. The number of amides is 1. The van der Waals surface area contributed by atoms with Gasteiger partial charge in [-0.25, -0.2) is 10.2 Å². The first kappa shape index (κ1) is 19.6. The summed E-state index contributed by atoms with van der Waals surface area (Å²) in [5, 5.41) is 13.2. The van der Waals surface area contributed by atoms with Gasteiger partial charge >= 0.3 is 5.97 Å².